The summed E-state index contributed by atoms with van der Waals surface area (Å²) in [6.07, 6.45) is -8.17. The third kappa shape index (κ3) is 5.96. The highest BCUT2D eigenvalue weighted by Crippen LogP contribution is 2.42. The summed E-state index contributed by atoms with van der Waals surface area (Å²) in [4.78, 5) is 4.57. The van der Waals surface area contributed by atoms with Crippen molar-refractivity contribution in [2.24, 2.45) is 5.16 Å². The minimum Gasteiger partial charge on any atom is -0.492 e. The Morgan fingerprint density at radius 3 is 2.39 bits per heavy atom. The number of halogens is 6. The van der Waals surface area contributed by atoms with Crippen LogP contribution in [0.5, 0.6) is 5.75 Å². The summed E-state index contributed by atoms with van der Waals surface area (Å²) >= 11 is 0. The van der Waals surface area contributed by atoms with Crippen LogP contribution in [0.15, 0.2) is 47.6 Å². The molecule has 176 valence electrons. The zero-order valence-corrected chi connectivity index (χ0v) is 17.2. The summed E-state index contributed by atoms with van der Waals surface area (Å²) in [5, 5.41) is 15.0. The Bertz CT molecular complexity index is 1030. The first-order valence-electron chi connectivity index (χ1n) is 9.76. The average Bonchev–Trinajstić information content (AvgIpc) is 3.21. The molecule has 3 atom stereocenters. The molecule has 1 aliphatic heterocycles. The molecule has 0 aromatic heterocycles. The molecule has 1 aliphatic rings. The van der Waals surface area contributed by atoms with Crippen molar-refractivity contribution in [2.75, 3.05) is 13.7 Å². The number of oxime groups is 1. The van der Waals surface area contributed by atoms with Gasteiger partial charge in [0.1, 0.15) is 25.5 Å². The molecule has 0 saturated carbocycles. The van der Waals surface area contributed by atoms with Gasteiger partial charge in [-0.1, -0.05) is 11.2 Å². The zero-order valence-electron chi connectivity index (χ0n) is 17.2. The molecule has 1 heterocycles. The molecule has 0 amide bonds. The predicted molar refractivity (Wildman–Crippen MR) is 107 cm³/mol. The van der Waals surface area contributed by atoms with E-state index in [1.165, 1.54) is 19.4 Å². The molecule has 0 bridgehead atoms. The van der Waals surface area contributed by atoms with E-state index in [0.717, 1.165) is 17.7 Å². The first-order chi connectivity index (χ1) is 15.5. The SMILES string of the molecule is CO/N=C/c1ccc(OCC2CC(c3ccc(C#N)c(C(F)(F)F)c3)C(C(F)(F)F)N2)cc1. The number of hydrogen-bond donors (Lipinski definition) is 1. The van der Waals surface area contributed by atoms with Crippen molar-refractivity contribution < 1.29 is 35.9 Å². The number of benzene rings is 2. The van der Waals surface area contributed by atoms with Gasteiger partial charge in [-0.05, 0) is 53.9 Å². The second kappa shape index (κ2) is 9.70. The maximum atomic E-state index is 13.7. The number of alkyl halides is 6. The first kappa shape index (κ1) is 24.4. The van der Waals surface area contributed by atoms with Crippen LogP contribution in [-0.4, -0.2) is 38.2 Å². The summed E-state index contributed by atoms with van der Waals surface area (Å²) in [6.45, 7) is -0.114. The minimum absolute atomic E-state index is 0.0913. The fourth-order valence-corrected chi connectivity index (χ4v) is 3.73. The largest absolute Gasteiger partial charge is 0.492 e. The molecule has 2 aromatic carbocycles. The van der Waals surface area contributed by atoms with E-state index in [9.17, 15) is 26.3 Å². The number of rotatable bonds is 6. The van der Waals surface area contributed by atoms with Crippen molar-refractivity contribution in [1.82, 2.24) is 5.32 Å². The quantitative estimate of drug-likeness (QED) is 0.365. The summed E-state index contributed by atoms with van der Waals surface area (Å²) in [6, 6.07) is 7.89. The highest BCUT2D eigenvalue weighted by atomic mass is 19.4. The van der Waals surface area contributed by atoms with Crippen LogP contribution in [0.3, 0.4) is 0 Å². The number of nitrogens with zero attached hydrogens (tertiary/aromatic N) is 2. The van der Waals surface area contributed by atoms with Gasteiger partial charge >= 0.3 is 12.4 Å². The van der Waals surface area contributed by atoms with Crippen LogP contribution >= 0.6 is 0 Å². The van der Waals surface area contributed by atoms with Crippen molar-refractivity contribution in [3.05, 3.63) is 64.7 Å². The third-order valence-electron chi connectivity index (χ3n) is 5.24. The number of nitrogens with one attached hydrogen (secondary N) is 1. The third-order valence-corrected chi connectivity index (χ3v) is 5.24. The van der Waals surface area contributed by atoms with E-state index in [1.807, 2.05) is 0 Å². The van der Waals surface area contributed by atoms with Crippen LogP contribution < -0.4 is 10.1 Å². The Morgan fingerprint density at radius 2 is 1.82 bits per heavy atom. The van der Waals surface area contributed by atoms with E-state index in [4.69, 9.17) is 10.00 Å². The molecule has 33 heavy (non-hydrogen) atoms. The van der Waals surface area contributed by atoms with Crippen LogP contribution in [0.4, 0.5) is 26.3 Å². The summed E-state index contributed by atoms with van der Waals surface area (Å²) in [5.41, 5.74) is -1.30. The van der Waals surface area contributed by atoms with E-state index in [-0.39, 0.29) is 18.6 Å². The predicted octanol–water partition coefficient (Wildman–Crippen LogP) is 5.01. The van der Waals surface area contributed by atoms with Gasteiger partial charge < -0.3 is 9.57 Å². The molecule has 0 spiro atoms. The van der Waals surface area contributed by atoms with Crippen LogP contribution in [0.25, 0.3) is 0 Å². The van der Waals surface area contributed by atoms with Gasteiger partial charge in [0.2, 0.25) is 0 Å². The van der Waals surface area contributed by atoms with E-state index in [1.54, 1.807) is 24.3 Å². The summed E-state index contributed by atoms with van der Waals surface area (Å²) < 4.78 is 86.4. The van der Waals surface area contributed by atoms with Crippen molar-refractivity contribution in [3.8, 4) is 11.8 Å². The lowest BCUT2D eigenvalue weighted by molar-refractivity contribution is -0.156. The monoisotopic (exact) mass is 471 g/mol. The fourth-order valence-electron chi connectivity index (χ4n) is 3.73. The maximum absolute atomic E-state index is 13.7. The number of nitriles is 1. The Balaban J connectivity index is 1.77. The zero-order chi connectivity index (χ0) is 24.2. The molecule has 1 saturated heterocycles. The van der Waals surface area contributed by atoms with Gasteiger partial charge in [-0.15, -0.1) is 0 Å². The molecule has 1 fully saturated rings. The van der Waals surface area contributed by atoms with Crippen LogP contribution in [0.1, 0.15) is 34.6 Å². The molecule has 0 radical (unpaired) electrons. The van der Waals surface area contributed by atoms with E-state index in [0.29, 0.717) is 11.8 Å². The Hall–Kier alpha value is -3.26. The second-order valence-corrected chi connectivity index (χ2v) is 7.44. The lowest BCUT2D eigenvalue weighted by atomic mass is 9.88. The van der Waals surface area contributed by atoms with Gasteiger partial charge in [0.05, 0.1) is 23.4 Å². The fraction of sp³-hybridized carbons (Fsp3) is 0.364. The molecule has 2 aromatic rings. The van der Waals surface area contributed by atoms with Gasteiger partial charge in [-0.2, -0.15) is 31.6 Å². The highest BCUT2D eigenvalue weighted by Gasteiger charge is 2.51. The van der Waals surface area contributed by atoms with Gasteiger partial charge in [-0.25, -0.2) is 0 Å². The van der Waals surface area contributed by atoms with Gasteiger partial charge in [0.15, 0.2) is 0 Å². The standard InChI is InChI=1S/C22H19F6N3O2/c1-32-30-11-13-2-6-17(7-3-13)33-12-16-9-18(20(31-16)22(26,27)28)14-4-5-15(10-29)19(8-14)21(23,24)25/h2-8,11,16,18,20,31H,9,12H2,1H3/b30-11+. The van der Waals surface area contributed by atoms with Crippen LogP contribution in [0.2, 0.25) is 0 Å². The maximum Gasteiger partial charge on any atom is 0.417 e. The first-order valence-corrected chi connectivity index (χ1v) is 9.76. The molecular formula is C22H19F6N3O2. The van der Waals surface area contributed by atoms with E-state index < -0.39 is 41.5 Å². The number of ether oxygens (including phenoxy) is 1. The van der Waals surface area contributed by atoms with Gasteiger partial charge in [-0.3, -0.25) is 5.32 Å². The van der Waals surface area contributed by atoms with E-state index in [2.05, 4.69) is 15.3 Å². The second-order valence-electron chi connectivity index (χ2n) is 7.44. The van der Waals surface area contributed by atoms with Crippen molar-refractivity contribution in [1.29, 1.82) is 5.26 Å². The summed E-state index contributed by atoms with van der Waals surface area (Å²) in [5.74, 6) is -0.851. The number of hydrogen-bond acceptors (Lipinski definition) is 5. The molecule has 1 N–H and O–H groups in total. The van der Waals surface area contributed by atoms with Crippen molar-refractivity contribution in [2.45, 2.75) is 36.8 Å². The Kier molecular flexibility index (Phi) is 7.17. The normalized spacial score (nSPS) is 21.2. The van der Waals surface area contributed by atoms with Crippen molar-refractivity contribution >= 4 is 6.21 Å². The minimum atomic E-state index is -4.86. The Labute approximate surface area is 185 Å². The molecule has 11 heteroatoms. The van der Waals surface area contributed by atoms with Crippen molar-refractivity contribution in [3.63, 3.8) is 0 Å². The molecule has 3 rings (SSSR count). The average molecular weight is 471 g/mol. The lowest BCUT2D eigenvalue weighted by Gasteiger charge is -2.23. The Morgan fingerprint density at radius 1 is 1.12 bits per heavy atom. The topological polar surface area (TPSA) is 66.6 Å². The van der Waals surface area contributed by atoms with Crippen LogP contribution in [0, 0.1) is 11.3 Å². The summed E-state index contributed by atoms with van der Waals surface area (Å²) in [7, 11) is 1.39. The molecular weight excluding hydrogens is 452 g/mol. The molecule has 5 nitrogen and oxygen atoms in total. The van der Waals surface area contributed by atoms with Gasteiger partial charge in [0.25, 0.3) is 0 Å². The lowest BCUT2D eigenvalue weighted by Crippen LogP contribution is -2.44. The smallest absolute Gasteiger partial charge is 0.417 e. The van der Waals surface area contributed by atoms with Gasteiger partial charge in [0, 0.05) is 12.0 Å². The molecule has 0 aliphatic carbocycles. The highest BCUT2D eigenvalue weighted by molar-refractivity contribution is 5.79. The van der Waals surface area contributed by atoms with E-state index >= 15 is 0 Å². The molecule has 3 unspecified atom stereocenters. The van der Waals surface area contributed by atoms with Crippen LogP contribution in [-0.2, 0) is 11.0 Å².